The lowest BCUT2D eigenvalue weighted by Crippen LogP contribution is -2.33. The number of amidine groups is 1. The van der Waals surface area contributed by atoms with Crippen LogP contribution in [0.15, 0.2) is 23.4 Å². The maximum atomic E-state index is 8.52. The lowest BCUT2D eigenvalue weighted by molar-refractivity contribution is 0.248. The molecule has 1 aromatic rings. The van der Waals surface area contributed by atoms with Gasteiger partial charge in [-0.2, -0.15) is 0 Å². The van der Waals surface area contributed by atoms with Gasteiger partial charge in [0.15, 0.2) is 0 Å². The van der Waals surface area contributed by atoms with Crippen molar-refractivity contribution in [2.24, 2.45) is 10.9 Å². The number of oxime groups is 1. The summed E-state index contributed by atoms with van der Waals surface area (Å²) in [6, 6.07) is 6.18. The van der Waals surface area contributed by atoms with Gasteiger partial charge in [-0.25, -0.2) is 0 Å². The number of pyridine rings is 1. The second-order valence-corrected chi connectivity index (χ2v) is 4.33. The van der Waals surface area contributed by atoms with Gasteiger partial charge in [0.25, 0.3) is 0 Å². The van der Waals surface area contributed by atoms with Gasteiger partial charge in [-0.15, -0.1) is 0 Å². The van der Waals surface area contributed by atoms with Crippen LogP contribution in [-0.2, 0) is 6.54 Å². The monoisotopic (exact) mass is 236 g/mol. The fourth-order valence-electron chi connectivity index (χ4n) is 1.60. The number of aromatic nitrogens is 1. The van der Waals surface area contributed by atoms with Crippen LogP contribution in [0, 0.1) is 6.92 Å². The van der Waals surface area contributed by atoms with Gasteiger partial charge in [-0.1, -0.05) is 11.2 Å². The Bertz CT molecular complexity index is 392. The summed E-state index contributed by atoms with van der Waals surface area (Å²) >= 11 is 0. The van der Waals surface area contributed by atoms with E-state index >= 15 is 0 Å². The van der Waals surface area contributed by atoms with Crippen molar-refractivity contribution < 1.29 is 5.21 Å². The molecule has 0 radical (unpaired) electrons. The van der Waals surface area contributed by atoms with Crippen LogP contribution in [0.4, 0.5) is 0 Å². The zero-order chi connectivity index (χ0) is 12.8. The molecule has 0 bridgehead atoms. The zero-order valence-electron chi connectivity index (χ0n) is 10.6. The van der Waals surface area contributed by atoms with E-state index < -0.39 is 0 Å². The third kappa shape index (κ3) is 4.40. The molecule has 5 nitrogen and oxygen atoms in total. The smallest absolute Gasteiger partial charge is 0.140 e. The van der Waals surface area contributed by atoms with Crippen molar-refractivity contribution in [1.82, 2.24) is 9.88 Å². The molecule has 1 heterocycles. The molecule has 0 spiro atoms. The van der Waals surface area contributed by atoms with Crippen molar-refractivity contribution >= 4 is 5.84 Å². The molecule has 0 amide bonds. The highest BCUT2D eigenvalue weighted by Crippen LogP contribution is 2.07. The first-order valence-corrected chi connectivity index (χ1v) is 5.62. The SMILES string of the molecule is Cc1cccc(CN(C)C(C)CC(N)=NO)n1. The van der Waals surface area contributed by atoms with E-state index in [4.69, 9.17) is 10.9 Å². The molecular weight excluding hydrogens is 216 g/mol. The van der Waals surface area contributed by atoms with E-state index in [1.807, 2.05) is 39.1 Å². The number of hydrogen-bond donors (Lipinski definition) is 2. The van der Waals surface area contributed by atoms with Gasteiger partial charge in [-0.05, 0) is 33.0 Å². The average Bonchev–Trinajstić information content (AvgIpc) is 2.28. The number of aryl methyl sites for hydroxylation is 1. The van der Waals surface area contributed by atoms with E-state index in [0.29, 0.717) is 6.42 Å². The number of rotatable bonds is 5. The Morgan fingerprint density at radius 1 is 1.59 bits per heavy atom. The maximum Gasteiger partial charge on any atom is 0.140 e. The molecule has 0 aromatic carbocycles. The Morgan fingerprint density at radius 2 is 2.29 bits per heavy atom. The summed E-state index contributed by atoms with van der Waals surface area (Å²) < 4.78 is 0. The van der Waals surface area contributed by atoms with Crippen molar-refractivity contribution in [2.45, 2.75) is 32.9 Å². The molecule has 0 aliphatic heterocycles. The van der Waals surface area contributed by atoms with Crippen molar-refractivity contribution in [2.75, 3.05) is 7.05 Å². The van der Waals surface area contributed by atoms with Crippen LogP contribution in [0.3, 0.4) is 0 Å². The molecule has 1 unspecified atom stereocenters. The largest absolute Gasteiger partial charge is 0.409 e. The molecule has 0 aliphatic rings. The number of nitrogens with zero attached hydrogens (tertiary/aromatic N) is 3. The third-order valence-electron chi connectivity index (χ3n) is 2.74. The van der Waals surface area contributed by atoms with Gasteiger partial charge < -0.3 is 10.9 Å². The number of hydrogen-bond acceptors (Lipinski definition) is 4. The number of nitrogens with two attached hydrogens (primary N) is 1. The van der Waals surface area contributed by atoms with Gasteiger partial charge in [-0.3, -0.25) is 9.88 Å². The van der Waals surface area contributed by atoms with E-state index in [2.05, 4.69) is 15.0 Å². The summed E-state index contributed by atoms with van der Waals surface area (Å²) in [4.78, 5) is 6.57. The predicted molar refractivity (Wildman–Crippen MR) is 67.9 cm³/mol. The summed E-state index contributed by atoms with van der Waals surface area (Å²) in [7, 11) is 2.00. The lowest BCUT2D eigenvalue weighted by atomic mass is 10.2. The Balaban J connectivity index is 2.56. The average molecular weight is 236 g/mol. The van der Waals surface area contributed by atoms with Gasteiger partial charge in [0.2, 0.25) is 0 Å². The first kappa shape index (κ1) is 13.4. The molecule has 1 aromatic heterocycles. The second kappa shape index (κ2) is 6.20. The first-order valence-electron chi connectivity index (χ1n) is 5.62. The minimum absolute atomic E-state index is 0.202. The summed E-state index contributed by atoms with van der Waals surface area (Å²) in [5.74, 6) is 0.251. The maximum absolute atomic E-state index is 8.52. The Morgan fingerprint density at radius 3 is 2.88 bits per heavy atom. The first-order chi connectivity index (χ1) is 8.02. The van der Waals surface area contributed by atoms with Crippen molar-refractivity contribution in [3.05, 3.63) is 29.6 Å². The van der Waals surface area contributed by atoms with Crippen LogP contribution >= 0.6 is 0 Å². The molecule has 0 saturated heterocycles. The summed E-state index contributed by atoms with van der Waals surface area (Å²) in [6.45, 7) is 4.76. The standard InChI is InChI=1S/C12H20N4O/c1-9-5-4-6-11(14-9)8-16(3)10(2)7-12(13)15-17/h4-6,10,17H,7-8H2,1-3H3,(H2,13,15). The van der Waals surface area contributed by atoms with E-state index in [9.17, 15) is 0 Å². The molecule has 0 aliphatic carbocycles. The summed E-state index contributed by atoms with van der Waals surface area (Å²) in [5, 5.41) is 11.5. The Labute approximate surface area is 102 Å². The molecule has 17 heavy (non-hydrogen) atoms. The topological polar surface area (TPSA) is 74.7 Å². The summed E-state index contributed by atoms with van der Waals surface area (Å²) in [5.41, 5.74) is 7.53. The van der Waals surface area contributed by atoms with Crippen molar-refractivity contribution in [1.29, 1.82) is 0 Å². The third-order valence-corrected chi connectivity index (χ3v) is 2.74. The van der Waals surface area contributed by atoms with Gasteiger partial charge in [0.1, 0.15) is 5.84 Å². The second-order valence-electron chi connectivity index (χ2n) is 4.33. The normalized spacial score (nSPS) is 14.0. The van der Waals surface area contributed by atoms with Gasteiger partial charge >= 0.3 is 0 Å². The van der Waals surface area contributed by atoms with E-state index in [-0.39, 0.29) is 11.9 Å². The Hall–Kier alpha value is -1.62. The van der Waals surface area contributed by atoms with Crippen LogP contribution in [0.25, 0.3) is 0 Å². The quantitative estimate of drug-likeness (QED) is 0.350. The molecule has 0 fully saturated rings. The fourth-order valence-corrected chi connectivity index (χ4v) is 1.60. The minimum Gasteiger partial charge on any atom is -0.409 e. The van der Waals surface area contributed by atoms with E-state index in [1.165, 1.54) is 0 Å². The van der Waals surface area contributed by atoms with E-state index in [1.54, 1.807) is 0 Å². The molecule has 1 atom stereocenters. The van der Waals surface area contributed by atoms with E-state index in [0.717, 1.165) is 17.9 Å². The highest BCUT2D eigenvalue weighted by molar-refractivity contribution is 5.80. The highest BCUT2D eigenvalue weighted by Gasteiger charge is 2.12. The van der Waals surface area contributed by atoms with Crippen LogP contribution < -0.4 is 5.73 Å². The lowest BCUT2D eigenvalue weighted by Gasteiger charge is -2.23. The zero-order valence-corrected chi connectivity index (χ0v) is 10.6. The van der Waals surface area contributed by atoms with Gasteiger partial charge in [0.05, 0.1) is 5.69 Å². The van der Waals surface area contributed by atoms with Crippen molar-refractivity contribution in [3.63, 3.8) is 0 Å². The van der Waals surface area contributed by atoms with Crippen molar-refractivity contribution in [3.8, 4) is 0 Å². The highest BCUT2D eigenvalue weighted by atomic mass is 16.4. The van der Waals surface area contributed by atoms with Crippen LogP contribution in [-0.4, -0.2) is 34.0 Å². The molecule has 5 heteroatoms. The van der Waals surface area contributed by atoms with Crippen LogP contribution in [0.1, 0.15) is 24.7 Å². The predicted octanol–water partition coefficient (Wildman–Crippen LogP) is 1.35. The molecule has 1 rings (SSSR count). The molecular formula is C12H20N4O. The fraction of sp³-hybridized carbons (Fsp3) is 0.500. The van der Waals surface area contributed by atoms with Gasteiger partial charge in [0, 0.05) is 24.7 Å². The molecule has 0 saturated carbocycles. The van der Waals surface area contributed by atoms with Crippen LogP contribution in [0.5, 0.6) is 0 Å². The molecule has 3 N–H and O–H groups in total. The molecule has 94 valence electrons. The minimum atomic E-state index is 0.202. The van der Waals surface area contributed by atoms with Crippen LogP contribution in [0.2, 0.25) is 0 Å². The Kier molecular flexibility index (Phi) is 4.90. The summed E-state index contributed by atoms with van der Waals surface area (Å²) in [6.07, 6.45) is 0.540.